The van der Waals surface area contributed by atoms with Gasteiger partial charge in [0.05, 0.1) is 0 Å². The van der Waals surface area contributed by atoms with Crippen molar-refractivity contribution in [2.45, 2.75) is 13.3 Å². The van der Waals surface area contributed by atoms with Crippen LogP contribution in [0.3, 0.4) is 0 Å². The lowest BCUT2D eigenvalue weighted by Gasteiger charge is -2.13. The zero-order valence-corrected chi connectivity index (χ0v) is 17.2. The van der Waals surface area contributed by atoms with Gasteiger partial charge < -0.3 is 15.1 Å². The number of nitrogens with one attached hydrogen (secondary N) is 2. The third kappa shape index (κ3) is 4.44. The molecule has 1 aliphatic heterocycles. The van der Waals surface area contributed by atoms with E-state index in [2.05, 4.69) is 10.6 Å². The average molecular weight is 433 g/mol. The Bertz CT molecular complexity index is 1210. The second-order valence-corrected chi connectivity index (χ2v) is 7.15. The molecule has 1 fully saturated rings. The lowest BCUT2D eigenvalue weighted by molar-refractivity contribution is -0.127. The molecule has 4 rings (SSSR count). The maximum atomic E-state index is 13.1. The molecule has 3 aromatic rings. The van der Waals surface area contributed by atoms with E-state index in [0.29, 0.717) is 22.8 Å². The minimum Gasteiger partial charge on any atom is -0.457 e. The number of benzene rings is 2. The Labute approximate surface area is 183 Å². The molecule has 7 nitrogen and oxygen atoms in total. The van der Waals surface area contributed by atoms with Gasteiger partial charge in [-0.05, 0) is 54.4 Å². The van der Waals surface area contributed by atoms with Crippen molar-refractivity contribution < 1.29 is 23.2 Å². The van der Waals surface area contributed by atoms with E-state index in [9.17, 15) is 18.8 Å². The van der Waals surface area contributed by atoms with Crippen molar-refractivity contribution in [1.82, 2.24) is 10.2 Å². The van der Waals surface area contributed by atoms with Gasteiger partial charge in [-0.2, -0.15) is 0 Å². The molecule has 0 atom stereocenters. The number of hydrogen-bond acceptors (Lipinski definition) is 4. The van der Waals surface area contributed by atoms with Crippen LogP contribution in [0, 0.1) is 5.82 Å². The van der Waals surface area contributed by atoms with Crippen LogP contribution in [0.25, 0.3) is 17.4 Å². The molecule has 8 heteroatoms. The van der Waals surface area contributed by atoms with Crippen LogP contribution < -0.4 is 10.6 Å². The standard InChI is InChI=1S/C24H20FN3O4/c1-2-15-5-3-4-6-19(15)26-22(29)14-28-23(30)20(27-24(28)31)13-18-11-12-21(32-18)16-7-9-17(25)10-8-16/h3-13H,2,14H2,1H3,(H,26,29)(H,27,31)/b20-13+. The number of furan rings is 1. The van der Waals surface area contributed by atoms with Crippen LogP contribution in [-0.2, 0) is 16.0 Å². The van der Waals surface area contributed by atoms with Crippen LogP contribution in [0.15, 0.2) is 70.8 Å². The Morgan fingerprint density at radius 1 is 1.09 bits per heavy atom. The zero-order valence-electron chi connectivity index (χ0n) is 17.2. The highest BCUT2D eigenvalue weighted by Crippen LogP contribution is 2.24. The van der Waals surface area contributed by atoms with Crippen LogP contribution in [0.4, 0.5) is 14.9 Å². The summed E-state index contributed by atoms with van der Waals surface area (Å²) >= 11 is 0. The molecule has 0 saturated carbocycles. The fourth-order valence-electron chi connectivity index (χ4n) is 3.34. The van der Waals surface area contributed by atoms with Gasteiger partial charge in [0.2, 0.25) is 5.91 Å². The van der Waals surface area contributed by atoms with Gasteiger partial charge in [0, 0.05) is 17.3 Å². The summed E-state index contributed by atoms with van der Waals surface area (Å²) in [6.45, 7) is 1.55. The van der Waals surface area contributed by atoms with Crippen molar-refractivity contribution in [3.05, 3.63) is 83.5 Å². The van der Waals surface area contributed by atoms with E-state index in [1.165, 1.54) is 18.2 Å². The second-order valence-electron chi connectivity index (χ2n) is 7.15. The smallest absolute Gasteiger partial charge is 0.329 e. The first-order chi connectivity index (χ1) is 15.4. The Morgan fingerprint density at radius 3 is 2.59 bits per heavy atom. The summed E-state index contributed by atoms with van der Waals surface area (Å²) in [5.41, 5.74) is 2.26. The number of aryl methyl sites for hydroxylation is 1. The maximum absolute atomic E-state index is 13.1. The summed E-state index contributed by atoms with van der Waals surface area (Å²) in [5.74, 6) is -0.652. The third-order valence-corrected chi connectivity index (χ3v) is 4.98. The molecule has 2 aromatic carbocycles. The normalized spacial score (nSPS) is 14.7. The largest absolute Gasteiger partial charge is 0.457 e. The van der Waals surface area contributed by atoms with E-state index in [1.807, 2.05) is 19.1 Å². The number of carbonyl (C=O) groups is 3. The number of halogens is 1. The number of amides is 4. The van der Waals surface area contributed by atoms with Crippen molar-refractivity contribution in [1.29, 1.82) is 0 Å². The molecular weight excluding hydrogens is 413 g/mol. The summed E-state index contributed by atoms with van der Waals surface area (Å²) in [4.78, 5) is 38.2. The molecule has 2 heterocycles. The van der Waals surface area contributed by atoms with Gasteiger partial charge in [0.25, 0.3) is 5.91 Å². The van der Waals surface area contributed by atoms with E-state index in [-0.39, 0.29) is 11.5 Å². The molecule has 4 amide bonds. The summed E-state index contributed by atoms with van der Waals surface area (Å²) in [6, 6.07) is 15.7. The first kappa shape index (κ1) is 21.0. The van der Waals surface area contributed by atoms with Gasteiger partial charge in [0.1, 0.15) is 29.6 Å². The summed E-state index contributed by atoms with van der Waals surface area (Å²) in [6.07, 6.45) is 2.12. The Hall–Kier alpha value is -4.20. The molecule has 0 spiro atoms. The van der Waals surface area contributed by atoms with Gasteiger partial charge in [-0.3, -0.25) is 9.59 Å². The molecule has 1 aliphatic rings. The fourth-order valence-corrected chi connectivity index (χ4v) is 3.34. The maximum Gasteiger partial charge on any atom is 0.329 e. The van der Waals surface area contributed by atoms with Gasteiger partial charge in [-0.25, -0.2) is 14.1 Å². The molecule has 1 aromatic heterocycles. The summed E-state index contributed by atoms with van der Waals surface area (Å²) in [5, 5.41) is 5.20. The molecule has 0 aliphatic carbocycles. The van der Waals surface area contributed by atoms with Crippen LogP contribution >= 0.6 is 0 Å². The van der Waals surface area contributed by atoms with E-state index in [0.717, 1.165) is 16.9 Å². The van der Waals surface area contributed by atoms with Gasteiger partial charge in [-0.1, -0.05) is 25.1 Å². The van der Waals surface area contributed by atoms with E-state index in [1.54, 1.807) is 36.4 Å². The lowest BCUT2D eigenvalue weighted by Crippen LogP contribution is -2.38. The van der Waals surface area contributed by atoms with E-state index in [4.69, 9.17) is 4.42 Å². The quantitative estimate of drug-likeness (QED) is 0.451. The minimum atomic E-state index is -0.689. The predicted octanol–water partition coefficient (Wildman–Crippen LogP) is 4.18. The van der Waals surface area contributed by atoms with Gasteiger partial charge in [-0.15, -0.1) is 0 Å². The summed E-state index contributed by atoms with van der Waals surface area (Å²) < 4.78 is 18.8. The van der Waals surface area contributed by atoms with E-state index >= 15 is 0 Å². The monoisotopic (exact) mass is 433 g/mol. The van der Waals surface area contributed by atoms with Crippen molar-refractivity contribution in [3.8, 4) is 11.3 Å². The van der Waals surface area contributed by atoms with E-state index < -0.39 is 24.4 Å². The van der Waals surface area contributed by atoms with Crippen molar-refractivity contribution in [2.75, 3.05) is 11.9 Å². The third-order valence-electron chi connectivity index (χ3n) is 4.98. The second kappa shape index (κ2) is 8.89. The van der Waals surface area contributed by atoms with Crippen molar-refractivity contribution in [3.63, 3.8) is 0 Å². The topological polar surface area (TPSA) is 91.7 Å². The van der Waals surface area contributed by atoms with Gasteiger partial charge in [0.15, 0.2) is 0 Å². The van der Waals surface area contributed by atoms with Crippen LogP contribution in [0.1, 0.15) is 18.2 Å². The number of carbonyl (C=O) groups excluding carboxylic acids is 3. The number of rotatable bonds is 6. The molecular formula is C24H20FN3O4. The summed E-state index contributed by atoms with van der Waals surface area (Å²) in [7, 11) is 0. The minimum absolute atomic E-state index is 0.00300. The van der Waals surface area contributed by atoms with Crippen LogP contribution in [0.5, 0.6) is 0 Å². The van der Waals surface area contributed by atoms with Gasteiger partial charge >= 0.3 is 6.03 Å². The van der Waals surface area contributed by atoms with Crippen molar-refractivity contribution >= 4 is 29.6 Å². The number of urea groups is 1. The van der Waals surface area contributed by atoms with Crippen LogP contribution in [0.2, 0.25) is 0 Å². The lowest BCUT2D eigenvalue weighted by atomic mass is 10.1. The number of nitrogens with zero attached hydrogens (tertiary/aromatic N) is 1. The number of anilines is 1. The van der Waals surface area contributed by atoms with Crippen LogP contribution in [-0.4, -0.2) is 29.3 Å². The number of imide groups is 1. The Balaban J connectivity index is 1.45. The highest BCUT2D eigenvalue weighted by molar-refractivity contribution is 6.15. The number of hydrogen-bond donors (Lipinski definition) is 2. The SMILES string of the molecule is CCc1ccccc1NC(=O)CN1C(=O)N/C(=C/c2ccc(-c3ccc(F)cc3)o2)C1=O. The highest BCUT2D eigenvalue weighted by Gasteiger charge is 2.35. The molecule has 32 heavy (non-hydrogen) atoms. The molecule has 162 valence electrons. The molecule has 0 radical (unpaired) electrons. The molecule has 2 N–H and O–H groups in total. The first-order valence-corrected chi connectivity index (χ1v) is 10.0. The average Bonchev–Trinajstić information content (AvgIpc) is 3.35. The Morgan fingerprint density at radius 2 is 1.84 bits per heavy atom. The van der Waals surface area contributed by atoms with Crippen molar-refractivity contribution in [2.24, 2.45) is 0 Å². The molecule has 1 saturated heterocycles. The fraction of sp³-hybridized carbons (Fsp3) is 0.125. The highest BCUT2D eigenvalue weighted by atomic mass is 19.1. The predicted molar refractivity (Wildman–Crippen MR) is 117 cm³/mol. The molecule has 0 bridgehead atoms. The molecule has 0 unspecified atom stereocenters. The Kier molecular flexibility index (Phi) is 5.85. The first-order valence-electron chi connectivity index (χ1n) is 10.0. The zero-order chi connectivity index (χ0) is 22.7. The number of para-hydroxylation sites is 1.